The molecule has 10 heteroatoms. The number of amides is 1. The number of carbonyl (C=O) groups excluding carboxylic acids is 1. The summed E-state index contributed by atoms with van der Waals surface area (Å²) < 4.78 is 0. The number of nitro groups is 1. The Morgan fingerprint density at radius 1 is 1.57 bits per heavy atom. The van der Waals surface area contributed by atoms with Crippen LogP contribution in [0.25, 0.3) is 0 Å². The number of aromatic nitrogens is 1. The van der Waals surface area contributed by atoms with Crippen molar-refractivity contribution in [3.8, 4) is 0 Å². The number of carboxylic acids is 1. The lowest BCUT2D eigenvalue weighted by Gasteiger charge is -2.33. The maximum Gasteiger partial charge on any atom is 0.327 e. The van der Waals surface area contributed by atoms with E-state index in [4.69, 9.17) is 16.7 Å². The second-order valence-electron chi connectivity index (χ2n) is 4.35. The first-order chi connectivity index (χ1) is 9.91. The van der Waals surface area contributed by atoms with Crippen LogP contribution >= 0.6 is 11.6 Å². The van der Waals surface area contributed by atoms with Crippen LogP contribution in [0.3, 0.4) is 0 Å². The summed E-state index contributed by atoms with van der Waals surface area (Å²) in [5.41, 5.74) is -0.566. The molecule has 0 bridgehead atoms. The van der Waals surface area contributed by atoms with Gasteiger partial charge in [-0.3, -0.25) is 14.9 Å². The van der Waals surface area contributed by atoms with Crippen LogP contribution in [0, 0.1) is 10.1 Å². The zero-order chi connectivity index (χ0) is 15.6. The molecule has 112 valence electrons. The highest BCUT2D eigenvalue weighted by atomic mass is 35.5. The fourth-order valence-electron chi connectivity index (χ4n) is 2.01. The summed E-state index contributed by atoms with van der Waals surface area (Å²) in [7, 11) is 0. The fourth-order valence-corrected chi connectivity index (χ4v) is 2.19. The molecule has 0 saturated carbocycles. The van der Waals surface area contributed by atoms with E-state index in [1.54, 1.807) is 0 Å². The second kappa shape index (κ2) is 6.02. The molecule has 1 aliphatic rings. The van der Waals surface area contributed by atoms with E-state index in [1.807, 2.05) is 0 Å². The molecular formula is C11H11ClN4O5. The molecule has 0 aliphatic carbocycles. The third kappa shape index (κ3) is 3.09. The van der Waals surface area contributed by atoms with Crippen molar-refractivity contribution in [3.63, 3.8) is 0 Å². The van der Waals surface area contributed by atoms with Gasteiger partial charge >= 0.3 is 5.97 Å². The average molecular weight is 315 g/mol. The normalized spacial score (nSPS) is 18.3. The third-order valence-electron chi connectivity index (χ3n) is 3.06. The molecule has 2 rings (SSSR count). The Labute approximate surface area is 123 Å². The van der Waals surface area contributed by atoms with E-state index in [9.17, 15) is 19.7 Å². The van der Waals surface area contributed by atoms with Gasteiger partial charge in [-0.15, -0.1) is 0 Å². The number of nitrogens with zero attached hydrogens (tertiary/aromatic N) is 3. The summed E-state index contributed by atoms with van der Waals surface area (Å²) in [6.45, 7) is 0.686. The molecule has 1 aliphatic heterocycles. The fraction of sp³-hybridized carbons (Fsp3) is 0.364. The van der Waals surface area contributed by atoms with E-state index < -0.39 is 22.8 Å². The Balaban J connectivity index is 2.36. The van der Waals surface area contributed by atoms with E-state index in [1.165, 1.54) is 0 Å². The number of piperazine rings is 1. The molecule has 0 spiro atoms. The van der Waals surface area contributed by atoms with Crippen LogP contribution in [0.1, 0.15) is 10.4 Å². The first-order valence-corrected chi connectivity index (χ1v) is 6.34. The van der Waals surface area contributed by atoms with Crippen molar-refractivity contribution in [2.75, 3.05) is 19.6 Å². The first kappa shape index (κ1) is 15.1. The molecule has 9 nitrogen and oxygen atoms in total. The van der Waals surface area contributed by atoms with Crippen molar-refractivity contribution in [2.24, 2.45) is 0 Å². The largest absolute Gasteiger partial charge is 0.480 e. The van der Waals surface area contributed by atoms with Gasteiger partial charge in [-0.05, 0) is 0 Å². The van der Waals surface area contributed by atoms with Crippen LogP contribution in [-0.4, -0.2) is 57.5 Å². The lowest BCUT2D eigenvalue weighted by atomic mass is 10.1. The summed E-state index contributed by atoms with van der Waals surface area (Å²) in [5, 5.41) is 22.5. The van der Waals surface area contributed by atoms with Crippen molar-refractivity contribution < 1.29 is 19.6 Å². The molecule has 0 radical (unpaired) electrons. The number of hydrogen-bond donors (Lipinski definition) is 2. The van der Waals surface area contributed by atoms with Gasteiger partial charge in [0.15, 0.2) is 0 Å². The van der Waals surface area contributed by atoms with Gasteiger partial charge in [0.25, 0.3) is 11.6 Å². The predicted octanol–water partition coefficient (Wildman–Crippen LogP) is 0.142. The highest BCUT2D eigenvalue weighted by Crippen LogP contribution is 2.22. The smallest absolute Gasteiger partial charge is 0.327 e. The van der Waals surface area contributed by atoms with Crippen molar-refractivity contribution in [2.45, 2.75) is 6.04 Å². The summed E-state index contributed by atoms with van der Waals surface area (Å²) in [6, 6.07) is -0.0555. The molecule has 0 aromatic carbocycles. The summed E-state index contributed by atoms with van der Waals surface area (Å²) >= 11 is 5.80. The molecule has 1 unspecified atom stereocenters. The molecule has 2 N–H and O–H groups in total. The summed E-state index contributed by atoms with van der Waals surface area (Å²) in [5.74, 6) is -1.85. The quantitative estimate of drug-likeness (QED) is 0.461. The average Bonchev–Trinajstić information content (AvgIpc) is 2.46. The van der Waals surface area contributed by atoms with Gasteiger partial charge in [-0.25, -0.2) is 9.78 Å². The van der Waals surface area contributed by atoms with Crippen LogP contribution in [0.4, 0.5) is 5.69 Å². The Hall–Kier alpha value is -2.26. The number of rotatable bonds is 3. The van der Waals surface area contributed by atoms with Crippen molar-refractivity contribution in [1.29, 1.82) is 0 Å². The van der Waals surface area contributed by atoms with Crippen LogP contribution < -0.4 is 5.32 Å². The Kier molecular flexibility index (Phi) is 4.34. The third-order valence-corrected chi connectivity index (χ3v) is 3.36. The van der Waals surface area contributed by atoms with E-state index >= 15 is 0 Å². The SMILES string of the molecule is O=C(O)C1CNCCN1C(=O)c1cc([N+](=O)[O-])cnc1Cl. The minimum atomic E-state index is -1.16. The number of hydrogen-bond acceptors (Lipinski definition) is 6. The molecule has 1 aromatic rings. The maximum atomic E-state index is 12.4. The van der Waals surface area contributed by atoms with Gasteiger partial charge in [0.2, 0.25) is 0 Å². The van der Waals surface area contributed by atoms with Gasteiger partial charge in [0.05, 0.1) is 10.5 Å². The summed E-state index contributed by atoms with van der Waals surface area (Å²) in [6.07, 6.45) is 0.936. The highest BCUT2D eigenvalue weighted by Gasteiger charge is 2.34. The van der Waals surface area contributed by atoms with E-state index in [0.29, 0.717) is 6.54 Å². The number of nitrogens with one attached hydrogen (secondary N) is 1. The van der Waals surface area contributed by atoms with Crippen molar-refractivity contribution in [1.82, 2.24) is 15.2 Å². The predicted molar refractivity (Wildman–Crippen MR) is 71.2 cm³/mol. The minimum Gasteiger partial charge on any atom is -0.480 e. The molecule has 1 atom stereocenters. The number of carboxylic acid groups (broad SMARTS) is 1. The lowest BCUT2D eigenvalue weighted by molar-refractivity contribution is -0.385. The van der Waals surface area contributed by atoms with Gasteiger partial charge in [0.1, 0.15) is 17.4 Å². The molecular weight excluding hydrogens is 304 g/mol. The molecule has 21 heavy (non-hydrogen) atoms. The van der Waals surface area contributed by atoms with Gasteiger partial charge in [-0.1, -0.05) is 11.6 Å². The van der Waals surface area contributed by atoms with Crippen LogP contribution in [0.15, 0.2) is 12.3 Å². The maximum absolute atomic E-state index is 12.4. The zero-order valence-electron chi connectivity index (χ0n) is 10.7. The molecule has 1 saturated heterocycles. The lowest BCUT2D eigenvalue weighted by Crippen LogP contribution is -2.57. The topological polar surface area (TPSA) is 126 Å². The molecule has 2 heterocycles. The van der Waals surface area contributed by atoms with Crippen molar-refractivity contribution >= 4 is 29.2 Å². The minimum absolute atomic E-state index is 0.0983. The van der Waals surface area contributed by atoms with Crippen molar-refractivity contribution in [3.05, 3.63) is 33.1 Å². The summed E-state index contributed by atoms with van der Waals surface area (Å²) in [4.78, 5) is 38.3. The van der Waals surface area contributed by atoms with Crippen LogP contribution in [0.2, 0.25) is 5.15 Å². The second-order valence-corrected chi connectivity index (χ2v) is 4.70. The zero-order valence-corrected chi connectivity index (χ0v) is 11.4. The highest BCUT2D eigenvalue weighted by molar-refractivity contribution is 6.32. The van der Waals surface area contributed by atoms with E-state index in [0.717, 1.165) is 17.2 Å². The number of halogens is 1. The van der Waals surface area contributed by atoms with Gasteiger partial charge in [0, 0.05) is 25.7 Å². The molecule has 1 fully saturated rings. The first-order valence-electron chi connectivity index (χ1n) is 5.96. The van der Waals surface area contributed by atoms with Crippen LogP contribution in [-0.2, 0) is 4.79 Å². The van der Waals surface area contributed by atoms with Crippen LogP contribution in [0.5, 0.6) is 0 Å². The monoisotopic (exact) mass is 314 g/mol. The molecule has 1 aromatic heterocycles. The number of carbonyl (C=O) groups is 2. The number of aliphatic carboxylic acids is 1. The standard InChI is InChI=1S/C11H11ClN4O5/c12-9-7(3-6(4-14-9)16(20)21)10(17)15-2-1-13-5-8(15)11(18)19/h3-4,8,13H,1-2,5H2,(H,18,19). The molecule has 1 amide bonds. The van der Waals surface area contributed by atoms with E-state index in [2.05, 4.69) is 10.3 Å². The Bertz CT molecular complexity index is 608. The Morgan fingerprint density at radius 3 is 2.90 bits per heavy atom. The van der Waals surface area contributed by atoms with Gasteiger partial charge in [-0.2, -0.15) is 0 Å². The van der Waals surface area contributed by atoms with E-state index in [-0.39, 0.29) is 29.5 Å². The Morgan fingerprint density at radius 2 is 2.29 bits per heavy atom. The van der Waals surface area contributed by atoms with Gasteiger partial charge < -0.3 is 15.3 Å². The number of pyridine rings is 1.